The molecule has 0 aliphatic heterocycles. The van der Waals surface area contributed by atoms with Gasteiger partial charge in [-0.1, -0.05) is 46.8 Å². The van der Waals surface area contributed by atoms with Crippen molar-refractivity contribution in [3.05, 3.63) is 51.7 Å². The topological polar surface area (TPSA) is 181 Å². The second kappa shape index (κ2) is 19.9. The van der Waals surface area contributed by atoms with Crippen LogP contribution in [0, 0.1) is 24.6 Å². The lowest BCUT2D eigenvalue weighted by atomic mass is 9.95. The molecule has 5 N–H and O–H groups in total. The minimum absolute atomic E-state index is 0.0121. The van der Waals surface area contributed by atoms with Crippen LogP contribution in [0.2, 0.25) is 0 Å². The number of nitrogens with one attached hydrogen (secondary N) is 5. The van der Waals surface area contributed by atoms with Gasteiger partial charge in [-0.25, -0.2) is 14.0 Å². The molecule has 13 nitrogen and oxygen atoms in total. The second-order valence-electron chi connectivity index (χ2n) is 14.3. The van der Waals surface area contributed by atoms with Gasteiger partial charge in [0.1, 0.15) is 28.5 Å². The predicted molar refractivity (Wildman–Crippen MR) is 198 cm³/mol. The molecule has 0 aliphatic rings. The smallest absolute Gasteiger partial charge is 0.408 e. The molecule has 1 aromatic carbocycles. The Bertz CT molecular complexity index is 1570. The predicted octanol–water partition coefficient (Wildman–Crippen LogP) is 5.43. The van der Waals surface area contributed by atoms with E-state index >= 15 is 0 Å². The fraction of sp³-hybridized carbons (Fsp3) is 0.568. The number of thiophene rings is 1. The Hall–Kier alpha value is -4.53. The van der Waals surface area contributed by atoms with Crippen LogP contribution < -0.4 is 26.6 Å². The summed E-state index contributed by atoms with van der Waals surface area (Å²) in [5.41, 5.74) is 0.182. The largest absolute Gasteiger partial charge is 0.465 e. The molecule has 288 valence electrons. The van der Waals surface area contributed by atoms with Crippen molar-refractivity contribution >= 4 is 52.0 Å². The molecule has 0 fully saturated rings. The number of carbonyl (C=O) groups is 6. The van der Waals surface area contributed by atoms with Gasteiger partial charge >= 0.3 is 12.1 Å². The number of benzene rings is 1. The molecule has 52 heavy (non-hydrogen) atoms. The molecule has 2 aromatic rings. The van der Waals surface area contributed by atoms with Crippen LogP contribution in [0.3, 0.4) is 0 Å². The van der Waals surface area contributed by atoms with E-state index in [9.17, 15) is 33.2 Å². The minimum Gasteiger partial charge on any atom is -0.465 e. The third kappa shape index (κ3) is 13.5. The Morgan fingerprint density at radius 1 is 0.827 bits per heavy atom. The molecule has 15 heteroatoms. The zero-order valence-corrected chi connectivity index (χ0v) is 32.6. The summed E-state index contributed by atoms with van der Waals surface area (Å²) in [6.45, 7) is 16.2. The first-order chi connectivity index (χ1) is 24.3. The SMILES string of the molecule is CCC(C(=O)Nc1sc(C(=O)NCCNC(=O)[C@H](CC(C)C)NC(=O)[C@H](CC(C)C)NC(=O)OC(C)(C)C)c(C)c1C(=O)OC)c1ccc(F)cc1. The van der Waals surface area contributed by atoms with Crippen molar-refractivity contribution in [3.63, 3.8) is 0 Å². The number of esters is 1. The zero-order valence-electron chi connectivity index (χ0n) is 31.8. The molecule has 2 rings (SSSR count). The van der Waals surface area contributed by atoms with E-state index in [-0.39, 0.29) is 40.4 Å². The average molecular weight is 748 g/mol. The van der Waals surface area contributed by atoms with Crippen molar-refractivity contribution in [2.75, 3.05) is 25.5 Å². The number of carbonyl (C=O) groups excluding carboxylic acids is 6. The monoisotopic (exact) mass is 747 g/mol. The van der Waals surface area contributed by atoms with Crippen molar-refractivity contribution in [1.82, 2.24) is 21.3 Å². The van der Waals surface area contributed by atoms with Gasteiger partial charge in [0.05, 0.1) is 23.5 Å². The Kier molecular flexibility index (Phi) is 16.7. The first-order valence-corrected chi connectivity index (χ1v) is 18.2. The molecule has 1 unspecified atom stereocenters. The number of halogens is 1. The van der Waals surface area contributed by atoms with Crippen molar-refractivity contribution in [1.29, 1.82) is 0 Å². The maximum absolute atomic E-state index is 13.5. The molecule has 5 amide bonds. The molecule has 0 spiro atoms. The summed E-state index contributed by atoms with van der Waals surface area (Å²) in [6, 6.07) is 3.74. The number of hydrogen-bond donors (Lipinski definition) is 5. The maximum Gasteiger partial charge on any atom is 0.408 e. The van der Waals surface area contributed by atoms with Gasteiger partial charge in [0.15, 0.2) is 0 Å². The normalized spacial score (nSPS) is 13.1. The highest BCUT2D eigenvalue weighted by Gasteiger charge is 2.31. The first-order valence-electron chi connectivity index (χ1n) is 17.4. The van der Waals surface area contributed by atoms with Gasteiger partial charge in [0, 0.05) is 13.1 Å². The highest BCUT2D eigenvalue weighted by Crippen LogP contribution is 2.35. The number of amides is 5. The summed E-state index contributed by atoms with van der Waals surface area (Å²) in [5.74, 6) is -3.66. The van der Waals surface area contributed by atoms with E-state index in [4.69, 9.17) is 9.47 Å². The maximum atomic E-state index is 13.5. The van der Waals surface area contributed by atoms with Crippen LogP contribution in [0.1, 0.15) is 112 Å². The fourth-order valence-electron chi connectivity index (χ4n) is 5.33. The fourth-order valence-corrected chi connectivity index (χ4v) is 6.44. The van der Waals surface area contributed by atoms with Gasteiger partial charge < -0.3 is 36.1 Å². The third-order valence-electron chi connectivity index (χ3n) is 7.74. The molecule has 3 atom stereocenters. The third-order valence-corrected chi connectivity index (χ3v) is 8.95. The number of methoxy groups -OCH3 is 1. The summed E-state index contributed by atoms with van der Waals surface area (Å²) in [4.78, 5) is 78.4. The Balaban J connectivity index is 2.11. The molecule has 0 saturated carbocycles. The van der Waals surface area contributed by atoms with E-state index in [1.54, 1.807) is 34.6 Å². The molecule has 1 heterocycles. The standard InChI is InChI=1S/C37H54FN5O8S/c1-11-25(23-12-14-24(38)15-13-23)30(44)43-34-28(35(48)50-10)22(6)29(52-34)33(47)40-17-16-39-31(45)26(18-20(2)3)41-32(46)27(19-21(4)5)42-36(49)51-37(7,8)9/h12-15,20-21,25-27H,11,16-19H2,1-10H3,(H,39,45)(H,40,47)(H,41,46)(H,42,49)(H,43,44)/t25?,26-,27-/m0/s1. The summed E-state index contributed by atoms with van der Waals surface area (Å²) >= 11 is 0.910. The summed E-state index contributed by atoms with van der Waals surface area (Å²) in [6.07, 6.45) is 0.311. The van der Waals surface area contributed by atoms with Gasteiger partial charge in [-0.15, -0.1) is 11.3 Å². The number of anilines is 1. The lowest BCUT2D eigenvalue weighted by molar-refractivity contribution is -0.130. The average Bonchev–Trinajstić information content (AvgIpc) is 3.36. The number of ether oxygens (including phenoxy) is 2. The van der Waals surface area contributed by atoms with E-state index in [1.165, 1.54) is 31.4 Å². The molecule has 0 aliphatic carbocycles. The van der Waals surface area contributed by atoms with E-state index in [1.807, 2.05) is 27.7 Å². The van der Waals surface area contributed by atoms with E-state index < -0.39 is 65.1 Å². The van der Waals surface area contributed by atoms with Crippen LogP contribution in [-0.2, 0) is 23.9 Å². The van der Waals surface area contributed by atoms with Gasteiger partial charge in [-0.3, -0.25) is 19.2 Å². The summed E-state index contributed by atoms with van der Waals surface area (Å²) < 4.78 is 23.7. The van der Waals surface area contributed by atoms with Crippen LogP contribution in [-0.4, -0.2) is 73.6 Å². The van der Waals surface area contributed by atoms with Gasteiger partial charge in [0.25, 0.3) is 5.91 Å². The second-order valence-corrected chi connectivity index (χ2v) is 15.3. The minimum atomic E-state index is -0.925. The molecular formula is C37H54FN5O8S. The van der Waals surface area contributed by atoms with Crippen molar-refractivity contribution in [2.45, 2.75) is 105 Å². The van der Waals surface area contributed by atoms with Crippen LogP contribution >= 0.6 is 11.3 Å². The van der Waals surface area contributed by atoms with Crippen LogP contribution in [0.5, 0.6) is 0 Å². The lowest BCUT2D eigenvalue weighted by Crippen LogP contribution is -2.55. The van der Waals surface area contributed by atoms with E-state index in [0.29, 0.717) is 30.4 Å². The van der Waals surface area contributed by atoms with Gasteiger partial charge in [-0.2, -0.15) is 0 Å². The highest BCUT2D eigenvalue weighted by molar-refractivity contribution is 7.18. The molecular weight excluding hydrogens is 693 g/mol. The number of alkyl carbamates (subject to hydrolysis) is 1. The quantitative estimate of drug-likeness (QED) is 0.105. The highest BCUT2D eigenvalue weighted by atomic mass is 32.1. The Morgan fingerprint density at radius 3 is 1.90 bits per heavy atom. The van der Waals surface area contributed by atoms with Crippen LogP contribution in [0.15, 0.2) is 24.3 Å². The Labute approximate surface area is 309 Å². The van der Waals surface area contributed by atoms with Crippen molar-refractivity contribution in [2.24, 2.45) is 11.8 Å². The van der Waals surface area contributed by atoms with E-state index in [0.717, 1.165) is 11.3 Å². The molecule has 0 saturated heterocycles. The lowest BCUT2D eigenvalue weighted by Gasteiger charge is -2.26. The van der Waals surface area contributed by atoms with E-state index in [2.05, 4.69) is 26.6 Å². The summed E-state index contributed by atoms with van der Waals surface area (Å²) in [7, 11) is 1.19. The summed E-state index contributed by atoms with van der Waals surface area (Å²) in [5, 5.41) is 13.7. The molecule has 0 radical (unpaired) electrons. The van der Waals surface area contributed by atoms with Crippen LogP contribution in [0.25, 0.3) is 0 Å². The van der Waals surface area contributed by atoms with Gasteiger partial charge in [0.2, 0.25) is 17.7 Å². The van der Waals surface area contributed by atoms with Crippen molar-refractivity contribution in [3.8, 4) is 0 Å². The first kappa shape index (κ1) is 43.6. The number of hydrogen-bond acceptors (Lipinski definition) is 9. The Morgan fingerprint density at radius 2 is 1.38 bits per heavy atom. The number of rotatable bonds is 17. The van der Waals surface area contributed by atoms with Crippen LogP contribution in [0.4, 0.5) is 14.2 Å². The van der Waals surface area contributed by atoms with Crippen molar-refractivity contribution < 1.29 is 42.6 Å². The molecule has 1 aromatic heterocycles. The zero-order chi connectivity index (χ0) is 39.3. The molecule has 0 bridgehead atoms. The van der Waals surface area contributed by atoms with Gasteiger partial charge in [-0.05, 0) is 82.1 Å².